The van der Waals surface area contributed by atoms with E-state index < -0.39 is 6.10 Å². The molecule has 3 nitrogen and oxygen atoms in total. The summed E-state index contributed by atoms with van der Waals surface area (Å²) >= 11 is 11.8. The molecule has 0 saturated carbocycles. The van der Waals surface area contributed by atoms with Gasteiger partial charge in [0, 0.05) is 12.0 Å². The first-order valence-electron chi connectivity index (χ1n) is 5.90. The average molecular weight is 297 g/mol. The molecule has 1 N–H and O–H groups in total. The molecule has 1 aromatic heterocycles. The molecular weight excluding hydrogens is 283 g/mol. The van der Waals surface area contributed by atoms with Gasteiger partial charge in [-0.1, -0.05) is 29.3 Å². The van der Waals surface area contributed by atoms with Gasteiger partial charge in [-0.3, -0.25) is 0 Å². The molecule has 1 unspecified atom stereocenters. The zero-order valence-electron chi connectivity index (χ0n) is 10.7. The fourth-order valence-corrected chi connectivity index (χ4v) is 2.23. The molecule has 100 valence electrons. The lowest BCUT2D eigenvalue weighted by Gasteiger charge is -2.13. The Morgan fingerprint density at radius 2 is 1.84 bits per heavy atom. The molecule has 1 atom stereocenters. The maximum atomic E-state index is 10.3. The number of benzene rings is 1. The lowest BCUT2D eigenvalue weighted by molar-refractivity contribution is 0.177. The molecule has 1 heterocycles. The lowest BCUT2D eigenvalue weighted by Crippen LogP contribution is -2.07. The van der Waals surface area contributed by atoms with Crippen LogP contribution in [0.15, 0.2) is 24.3 Å². The van der Waals surface area contributed by atoms with Crippen molar-refractivity contribution in [1.29, 1.82) is 0 Å². The van der Waals surface area contributed by atoms with Crippen LogP contribution < -0.4 is 0 Å². The van der Waals surface area contributed by atoms with Crippen molar-refractivity contribution >= 4 is 23.2 Å². The quantitative estimate of drug-likeness (QED) is 0.940. The Morgan fingerprint density at radius 1 is 1.11 bits per heavy atom. The molecule has 5 heteroatoms. The topological polar surface area (TPSA) is 46.0 Å². The second-order valence-corrected chi connectivity index (χ2v) is 5.31. The molecule has 0 aliphatic rings. The van der Waals surface area contributed by atoms with E-state index in [0.717, 1.165) is 22.5 Å². The van der Waals surface area contributed by atoms with Crippen LogP contribution in [0.1, 0.15) is 28.6 Å². The molecule has 0 aliphatic carbocycles. The third-order valence-corrected chi connectivity index (χ3v) is 3.65. The van der Waals surface area contributed by atoms with E-state index in [1.807, 2.05) is 26.0 Å². The van der Waals surface area contributed by atoms with Gasteiger partial charge in [-0.15, -0.1) is 0 Å². The molecular formula is C14H14Cl2N2O. The van der Waals surface area contributed by atoms with Crippen molar-refractivity contribution in [2.75, 3.05) is 0 Å². The fourth-order valence-electron chi connectivity index (χ4n) is 1.91. The first-order chi connectivity index (χ1) is 8.97. The summed E-state index contributed by atoms with van der Waals surface area (Å²) in [7, 11) is 0. The third kappa shape index (κ3) is 3.44. The lowest BCUT2D eigenvalue weighted by atomic mass is 10.0. The van der Waals surface area contributed by atoms with Crippen LogP contribution in [-0.2, 0) is 6.42 Å². The van der Waals surface area contributed by atoms with Crippen molar-refractivity contribution in [3.8, 4) is 0 Å². The molecule has 0 radical (unpaired) electrons. The Kier molecular flexibility index (Phi) is 4.40. The van der Waals surface area contributed by atoms with E-state index in [1.54, 1.807) is 12.1 Å². The highest BCUT2D eigenvalue weighted by molar-refractivity contribution is 6.42. The van der Waals surface area contributed by atoms with Crippen molar-refractivity contribution in [3.05, 3.63) is 56.8 Å². The number of rotatable bonds is 3. The predicted molar refractivity (Wildman–Crippen MR) is 76.6 cm³/mol. The van der Waals surface area contributed by atoms with Crippen LogP contribution in [-0.4, -0.2) is 15.3 Å². The number of nitrogens with zero attached hydrogens (tertiary/aromatic N) is 2. The Labute approximate surface area is 122 Å². The Bertz CT molecular complexity index is 602. The van der Waals surface area contributed by atoms with Crippen LogP contribution in [0.25, 0.3) is 0 Å². The van der Waals surface area contributed by atoms with Crippen LogP contribution in [0.4, 0.5) is 0 Å². The minimum Gasteiger partial charge on any atom is -0.388 e. The largest absolute Gasteiger partial charge is 0.388 e. The van der Waals surface area contributed by atoms with Gasteiger partial charge in [0.15, 0.2) is 0 Å². The van der Waals surface area contributed by atoms with Crippen LogP contribution >= 0.6 is 23.2 Å². The summed E-state index contributed by atoms with van der Waals surface area (Å²) in [5.41, 5.74) is 3.24. The molecule has 1 aromatic carbocycles. The summed E-state index contributed by atoms with van der Waals surface area (Å²) < 4.78 is 0. The van der Waals surface area contributed by atoms with Gasteiger partial charge in [-0.2, -0.15) is 10.2 Å². The predicted octanol–water partition coefficient (Wildman–Crippen LogP) is 3.68. The van der Waals surface area contributed by atoms with Gasteiger partial charge in [0.2, 0.25) is 0 Å². The molecule has 0 amide bonds. The van der Waals surface area contributed by atoms with E-state index >= 15 is 0 Å². The number of aromatic nitrogens is 2. The van der Waals surface area contributed by atoms with Crippen molar-refractivity contribution in [2.24, 2.45) is 0 Å². The average Bonchev–Trinajstić information content (AvgIpc) is 2.36. The second-order valence-electron chi connectivity index (χ2n) is 4.49. The highest BCUT2D eigenvalue weighted by atomic mass is 35.5. The van der Waals surface area contributed by atoms with Crippen molar-refractivity contribution in [2.45, 2.75) is 26.4 Å². The highest BCUT2D eigenvalue weighted by Gasteiger charge is 2.13. The molecule has 2 rings (SSSR count). The number of hydrogen-bond acceptors (Lipinski definition) is 3. The number of halogens is 2. The smallest absolute Gasteiger partial charge is 0.0849 e. The van der Waals surface area contributed by atoms with E-state index in [9.17, 15) is 5.11 Å². The first kappa shape index (κ1) is 14.3. The molecule has 0 spiro atoms. The fraction of sp³-hybridized carbons (Fsp3) is 0.286. The zero-order chi connectivity index (χ0) is 14.0. The minimum absolute atomic E-state index is 0.461. The SMILES string of the molecule is Cc1cc(C(O)Cc2ccc(Cl)c(Cl)c2)c(C)nn1. The summed E-state index contributed by atoms with van der Waals surface area (Å²) in [6, 6.07) is 7.21. The molecule has 19 heavy (non-hydrogen) atoms. The van der Waals surface area contributed by atoms with Crippen LogP contribution in [0.2, 0.25) is 10.0 Å². The number of aryl methyl sites for hydroxylation is 2. The standard InChI is InChI=1S/C14H14Cl2N2O/c1-8-5-11(9(2)18-17-8)14(19)7-10-3-4-12(15)13(16)6-10/h3-6,14,19H,7H2,1-2H3. The van der Waals surface area contributed by atoms with Gasteiger partial charge >= 0.3 is 0 Å². The van der Waals surface area contributed by atoms with Gasteiger partial charge in [0.05, 0.1) is 27.5 Å². The first-order valence-corrected chi connectivity index (χ1v) is 6.66. The van der Waals surface area contributed by atoms with Crippen LogP contribution in [0, 0.1) is 13.8 Å². The second kappa shape index (κ2) is 5.87. The van der Waals surface area contributed by atoms with Gasteiger partial charge in [-0.05, 0) is 37.6 Å². The molecule has 0 aliphatic heterocycles. The van der Waals surface area contributed by atoms with Crippen LogP contribution in [0.3, 0.4) is 0 Å². The van der Waals surface area contributed by atoms with E-state index in [-0.39, 0.29) is 0 Å². The van der Waals surface area contributed by atoms with Crippen molar-refractivity contribution < 1.29 is 5.11 Å². The Hall–Kier alpha value is -1.16. The highest BCUT2D eigenvalue weighted by Crippen LogP contribution is 2.26. The molecule has 0 saturated heterocycles. The monoisotopic (exact) mass is 296 g/mol. The normalized spacial score (nSPS) is 12.5. The summed E-state index contributed by atoms with van der Waals surface area (Å²) in [4.78, 5) is 0. The van der Waals surface area contributed by atoms with Gasteiger partial charge in [0.25, 0.3) is 0 Å². The molecule has 2 aromatic rings. The van der Waals surface area contributed by atoms with E-state index in [0.29, 0.717) is 16.5 Å². The van der Waals surface area contributed by atoms with Crippen molar-refractivity contribution in [3.63, 3.8) is 0 Å². The van der Waals surface area contributed by atoms with E-state index in [4.69, 9.17) is 23.2 Å². The minimum atomic E-state index is -0.633. The number of aliphatic hydroxyl groups is 1. The third-order valence-electron chi connectivity index (χ3n) is 2.91. The van der Waals surface area contributed by atoms with Crippen LogP contribution in [0.5, 0.6) is 0 Å². The molecule has 0 fully saturated rings. The summed E-state index contributed by atoms with van der Waals surface area (Å²) in [5.74, 6) is 0. The Morgan fingerprint density at radius 3 is 2.53 bits per heavy atom. The summed E-state index contributed by atoms with van der Waals surface area (Å²) in [5, 5.41) is 19.3. The maximum Gasteiger partial charge on any atom is 0.0849 e. The van der Waals surface area contributed by atoms with E-state index in [2.05, 4.69) is 10.2 Å². The van der Waals surface area contributed by atoms with Crippen molar-refractivity contribution in [1.82, 2.24) is 10.2 Å². The summed E-state index contributed by atoms with van der Waals surface area (Å²) in [6.45, 7) is 3.68. The van der Waals surface area contributed by atoms with Gasteiger partial charge in [-0.25, -0.2) is 0 Å². The number of hydrogen-bond donors (Lipinski definition) is 1. The van der Waals surface area contributed by atoms with E-state index in [1.165, 1.54) is 0 Å². The van der Waals surface area contributed by atoms with Gasteiger partial charge < -0.3 is 5.11 Å². The van der Waals surface area contributed by atoms with Gasteiger partial charge in [0.1, 0.15) is 0 Å². The zero-order valence-corrected chi connectivity index (χ0v) is 12.2. The Balaban J connectivity index is 2.22. The molecule has 0 bridgehead atoms. The summed E-state index contributed by atoms with van der Waals surface area (Å²) in [6.07, 6.45) is -0.172. The maximum absolute atomic E-state index is 10.3. The number of aliphatic hydroxyl groups excluding tert-OH is 1.